The second kappa shape index (κ2) is 15.1. The topological polar surface area (TPSA) is 35.5 Å². The Kier molecular flexibility index (Phi) is 11.8. The Morgan fingerprint density at radius 1 is 0.833 bits per heavy atom. The van der Waals surface area contributed by atoms with E-state index in [0.29, 0.717) is 23.3 Å². The third-order valence-corrected chi connectivity index (χ3v) is 7.79. The minimum atomic E-state index is -0.198. The Morgan fingerprint density at radius 2 is 1.42 bits per heavy atom. The number of ether oxygens (including phenoxy) is 2. The van der Waals surface area contributed by atoms with Crippen LogP contribution >= 0.6 is 0 Å². The van der Waals surface area contributed by atoms with Crippen LogP contribution in [-0.2, 0) is 4.74 Å². The number of rotatable bonds is 14. The quantitative estimate of drug-likeness (QED) is 0.194. The van der Waals surface area contributed by atoms with Gasteiger partial charge in [0.15, 0.2) is 0 Å². The zero-order valence-corrected chi connectivity index (χ0v) is 23.1. The van der Waals surface area contributed by atoms with Crippen molar-refractivity contribution in [3.8, 4) is 16.9 Å². The molecule has 0 bridgehead atoms. The molecular formula is C33H48O3. The van der Waals surface area contributed by atoms with E-state index in [2.05, 4.69) is 39.8 Å². The first kappa shape index (κ1) is 28.3. The van der Waals surface area contributed by atoms with Crippen molar-refractivity contribution < 1.29 is 14.3 Å². The van der Waals surface area contributed by atoms with Crippen LogP contribution in [-0.4, -0.2) is 18.7 Å². The lowest BCUT2D eigenvalue weighted by Crippen LogP contribution is -2.35. The van der Waals surface area contributed by atoms with Crippen LogP contribution in [0.4, 0.5) is 0 Å². The van der Waals surface area contributed by atoms with Gasteiger partial charge in [-0.3, -0.25) is 0 Å². The number of hydrogen-bond donors (Lipinski definition) is 0. The average Bonchev–Trinajstić information content (AvgIpc) is 2.88. The van der Waals surface area contributed by atoms with E-state index >= 15 is 0 Å². The zero-order valence-electron chi connectivity index (χ0n) is 23.1. The van der Waals surface area contributed by atoms with E-state index in [1.165, 1.54) is 51.4 Å². The molecule has 0 spiro atoms. The molecule has 0 aromatic heterocycles. The molecule has 0 N–H and O–H groups in total. The Bertz CT molecular complexity index is 884. The predicted octanol–water partition coefficient (Wildman–Crippen LogP) is 9.49. The molecule has 0 radical (unpaired) electrons. The molecule has 2 aromatic rings. The second-order valence-electron chi connectivity index (χ2n) is 11.2. The van der Waals surface area contributed by atoms with Crippen LogP contribution in [0.5, 0.6) is 5.75 Å². The van der Waals surface area contributed by atoms with E-state index < -0.39 is 0 Å². The summed E-state index contributed by atoms with van der Waals surface area (Å²) in [7, 11) is 0. The van der Waals surface area contributed by atoms with Crippen molar-refractivity contribution >= 4 is 5.97 Å². The summed E-state index contributed by atoms with van der Waals surface area (Å²) in [5.41, 5.74) is 2.84. The van der Waals surface area contributed by atoms with Crippen molar-refractivity contribution in [2.75, 3.05) is 6.61 Å². The molecule has 1 aliphatic rings. The van der Waals surface area contributed by atoms with Gasteiger partial charge in [0.1, 0.15) is 11.9 Å². The molecule has 3 rings (SSSR count). The molecule has 2 aromatic carbocycles. The van der Waals surface area contributed by atoms with Crippen molar-refractivity contribution in [2.45, 2.75) is 104 Å². The predicted molar refractivity (Wildman–Crippen MR) is 151 cm³/mol. The van der Waals surface area contributed by atoms with Gasteiger partial charge in [-0.25, -0.2) is 4.79 Å². The Hall–Kier alpha value is -2.29. The van der Waals surface area contributed by atoms with Crippen molar-refractivity contribution in [1.29, 1.82) is 0 Å². The van der Waals surface area contributed by atoms with E-state index in [1.807, 2.05) is 36.4 Å². The highest BCUT2D eigenvalue weighted by atomic mass is 16.5. The maximum absolute atomic E-state index is 12.9. The first-order valence-electron chi connectivity index (χ1n) is 14.5. The van der Waals surface area contributed by atoms with Gasteiger partial charge in [-0.05, 0) is 72.4 Å². The summed E-state index contributed by atoms with van der Waals surface area (Å²) in [5.74, 6) is 2.33. The van der Waals surface area contributed by atoms with Crippen LogP contribution in [0.1, 0.15) is 109 Å². The fourth-order valence-corrected chi connectivity index (χ4v) is 5.42. The molecule has 1 saturated carbocycles. The number of unbranched alkanes of at least 4 members (excludes halogenated alkanes) is 7. The molecule has 3 unspecified atom stereocenters. The van der Waals surface area contributed by atoms with Crippen molar-refractivity contribution in [3.63, 3.8) is 0 Å². The van der Waals surface area contributed by atoms with Gasteiger partial charge in [-0.15, -0.1) is 0 Å². The van der Waals surface area contributed by atoms with Crippen LogP contribution < -0.4 is 4.74 Å². The summed E-state index contributed by atoms with van der Waals surface area (Å²) < 4.78 is 11.9. The molecular weight excluding hydrogens is 444 g/mol. The summed E-state index contributed by atoms with van der Waals surface area (Å²) in [4.78, 5) is 12.9. The van der Waals surface area contributed by atoms with Gasteiger partial charge in [0.2, 0.25) is 0 Å². The van der Waals surface area contributed by atoms with Gasteiger partial charge in [-0.2, -0.15) is 0 Å². The van der Waals surface area contributed by atoms with Crippen molar-refractivity contribution in [3.05, 3.63) is 54.1 Å². The minimum absolute atomic E-state index is 0.0271. The fourth-order valence-electron chi connectivity index (χ4n) is 5.42. The molecule has 3 atom stereocenters. The number of hydrogen-bond acceptors (Lipinski definition) is 3. The molecule has 3 nitrogen and oxygen atoms in total. The molecule has 0 amide bonds. The maximum Gasteiger partial charge on any atom is 0.338 e. The van der Waals surface area contributed by atoms with Gasteiger partial charge in [0, 0.05) is 0 Å². The van der Waals surface area contributed by atoms with E-state index in [0.717, 1.165) is 42.7 Å². The normalized spacial score (nSPS) is 19.9. The Morgan fingerprint density at radius 3 is 2.03 bits per heavy atom. The molecule has 0 heterocycles. The van der Waals surface area contributed by atoms with E-state index in [-0.39, 0.29) is 12.1 Å². The standard InChI is InChI=1S/C33H48O3/c1-5-6-7-8-9-10-11-12-23-35-30-20-18-28(19-21-30)27-14-16-29(17-15-27)33(34)36-32-24-26(4)13-22-31(32)25(2)3/h14-21,25-26,31-32H,5-13,22-24H2,1-4H3. The largest absolute Gasteiger partial charge is 0.494 e. The summed E-state index contributed by atoms with van der Waals surface area (Å²) >= 11 is 0. The highest BCUT2D eigenvalue weighted by Gasteiger charge is 2.33. The zero-order chi connectivity index (χ0) is 25.8. The van der Waals surface area contributed by atoms with Crippen LogP contribution in [0, 0.1) is 17.8 Å². The third kappa shape index (κ3) is 8.98. The van der Waals surface area contributed by atoms with Gasteiger partial charge in [-0.1, -0.05) is 103 Å². The summed E-state index contributed by atoms with van der Waals surface area (Å²) in [5, 5.41) is 0. The maximum atomic E-state index is 12.9. The number of benzene rings is 2. The summed E-state index contributed by atoms with van der Waals surface area (Å²) in [6.07, 6.45) is 13.8. The first-order valence-corrected chi connectivity index (χ1v) is 14.5. The summed E-state index contributed by atoms with van der Waals surface area (Å²) in [6, 6.07) is 16.1. The third-order valence-electron chi connectivity index (χ3n) is 7.79. The van der Waals surface area contributed by atoms with Gasteiger partial charge in [0.25, 0.3) is 0 Å². The average molecular weight is 493 g/mol. The monoisotopic (exact) mass is 492 g/mol. The van der Waals surface area contributed by atoms with Gasteiger partial charge < -0.3 is 9.47 Å². The highest BCUT2D eigenvalue weighted by molar-refractivity contribution is 5.90. The lowest BCUT2D eigenvalue weighted by molar-refractivity contribution is -0.0174. The number of esters is 1. The minimum Gasteiger partial charge on any atom is -0.494 e. The lowest BCUT2D eigenvalue weighted by atomic mass is 9.75. The smallest absolute Gasteiger partial charge is 0.338 e. The molecule has 0 saturated heterocycles. The molecule has 36 heavy (non-hydrogen) atoms. The van der Waals surface area contributed by atoms with E-state index in [1.54, 1.807) is 0 Å². The van der Waals surface area contributed by atoms with E-state index in [4.69, 9.17) is 9.47 Å². The molecule has 198 valence electrons. The van der Waals surface area contributed by atoms with Crippen LogP contribution in [0.2, 0.25) is 0 Å². The van der Waals surface area contributed by atoms with Gasteiger partial charge >= 0.3 is 5.97 Å². The summed E-state index contributed by atoms with van der Waals surface area (Å²) in [6.45, 7) is 9.78. The molecule has 3 heteroatoms. The Balaban J connectivity index is 1.44. The van der Waals surface area contributed by atoms with Crippen LogP contribution in [0.3, 0.4) is 0 Å². The second-order valence-corrected chi connectivity index (χ2v) is 11.2. The van der Waals surface area contributed by atoms with Crippen molar-refractivity contribution in [1.82, 2.24) is 0 Å². The SMILES string of the molecule is CCCCCCCCCCOc1ccc(-c2ccc(C(=O)OC3CC(C)CCC3C(C)C)cc2)cc1. The Labute approximate surface area is 220 Å². The highest BCUT2D eigenvalue weighted by Crippen LogP contribution is 2.36. The van der Waals surface area contributed by atoms with E-state index in [9.17, 15) is 4.79 Å². The first-order chi connectivity index (χ1) is 17.5. The van der Waals surface area contributed by atoms with Crippen LogP contribution in [0.15, 0.2) is 48.5 Å². The van der Waals surface area contributed by atoms with Crippen molar-refractivity contribution in [2.24, 2.45) is 17.8 Å². The molecule has 1 fully saturated rings. The van der Waals surface area contributed by atoms with Gasteiger partial charge in [0.05, 0.1) is 12.2 Å². The lowest BCUT2D eigenvalue weighted by Gasteiger charge is -2.36. The van der Waals surface area contributed by atoms with Crippen LogP contribution in [0.25, 0.3) is 11.1 Å². The fraction of sp³-hybridized carbons (Fsp3) is 0.606. The molecule has 1 aliphatic carbocycles. The number of carbonyl (C=O) groups is 1. The molecule has 0 aliphatic heterocycles. The number of carbonyl (C=O) groups excluding carboxylic acids is 1.